The van der Waals surface area contributed by atoms with Crippen LogP contribution in [0.5, 0.6) is 0 Å². The number of hydrogen-bond acceptors (Lipinski definition) is 5. The van der Waals surface area contributed by atoms with Crippen LogP contribution in [0.3, 0.4) is 0 Å². The molecule has 0 aliphatic rings. The zero-order valence-corrected chi connectivity index (χ0v) is 18.3. The van der Waals surface area contributed by atoms with Crippen LogP contribution in [0.15, 0.2) is 53.1 Å². The van der Waals surface area contributed by atoms with Crippen molar-refractivity contribution in [3.05, 3.63) is 81.7 Å². The molecule has 9 heteroatoms. The van der Waals surface area contributed by atoms with E-state index >= 15 is 0 Å². The van der Waals surface area contributed by atoms with Crippen molar-refractivity contribution >= 4 is 33.3 Å². The Balaban J connectivity index is 1.96. The molecular weight excluding hydrogens is 468 g/mol. The van der Waals surface area contributed by atoms with E-state index in [-0.39, 0.29) is 17.2 Å². The van der Waals surface area contributed by atoms with E-state index < -0.39 is 23.6 Å². The van der Waals surface area contributed by atoms with Crippen LogP contribution in [-0.2, 0) is 0 Å². The number of nitrogens with one attached hydrogen (secondary N) is 1. The number of amides is 1. The number of nitriles is 1. The van der Waals surface area contributed by atoms with Gasteiger partial charge < -0.3 is 10.2 Å². The van der Waals surface area contributed by atoms with E-state index in [0.717, 1.165) is 22.3 Å². The minimum atomic E-state index is -1.00. The van der Waals surface area contributed by atoms with E-state index in [2.05, 4.69) is 31.2 Å². The Morgan fingerprint density at radius 3 is 2.55 bits per heavy atom. The van der Waals surface area contributed by atoms with Gasteiger partial charge in [0.2, 0.25) is 0 Å². The predicted octanol–water partition coefficient (Wildman–Crippen LogP) is 5.04. The molecule has 0 radical (unpaired) electrons. The van der Waals surface area contributed by atoms with Crippen LogP contribution in [-0.4, -0.2) is 22.4 Å². The van der Waals surface area contributed by atoms with Crippen LogP contribution >= 0.6 is 15.9 Å². The number of aromatic nitrogens is 2. The minimum Gasteiger partial charge on any atom is -0.344 e. The number of nitrogens with zero attached hydrogens (tertiary/aromatic N) is 4. The van der Waals surface area contributed by atoms with E-state index in [1.165, 1.54) is 12.3 Å². The third-order valence-electron chi connectivity index (χ3n) is 4.58. The van der Waals surface area contributed by atoms with E-state index in [9.17, 15) is 18.8 Å². The van der Waals surface area contributed by atoms with Gasteiger partial charge in [-0.3, -0.25) is 4.79 Å². The molecule has 0 spiro atoms. The number of benzene rings is 2. The second kappa shape index (κ2) is 9.62. The van der Waals surface area contributed by atoms with Gasteiger partial charge in [-0.05, 0) is 55.8 Å². The molecule has 1 heterocycles. The molecule has 0 aliphatic carbocycles. The number of anilines is 2. The van der Waals surface area contributed by atoms with Crippen LogP contribution in [0.2, 0.25) is 0 Å². The molecule has 3 aromatic rings. The molecule has 0 bridgehead atoms. The quantitative estimate of drug-likeness (QED) is 0.528. The summed E-state index contributed by atoms with van der Waals surface area (Å²) in [5.74, 6) is -2.28. The molecular formula is C22H18BrF2N5O. The molecule has 2 aromatic carbocycles. The van der Waals surface area contributed by atoms with Gasteiger partial charge >= 0.3 is 0 Å². The molecule has 0 aliphatic heterocycles. The van der Waals surface area contributed by atoms with Crippen LogP contribution in [0.1, 0.15) is 41.6 Å². The summed E-state index contributed by atoms with van der Waals surface area (Å²) in [5.41, 5.74) is 1.12. The SMILES string of the molecule is CCN(c1ccc(Br)cc1)c1ncc(C#N)nc1C(=O)N[C@@H](C)c1ccc(F)c(F)c1. The summed E-state index contributed by atoms with van der Waals surface area (Å²) in [4.78, 5) is 23.3. The van der Waals surface area contributed by atoms with Gasteiger partial charge in [-0.15, -0.1) is 0 Å². The fraction of sp³-hybridized carbons (Fsp3) is 0.182. The number of hydrogen-bond donors (Lipinski definition) is 1. The summed E-state index contributed by atoms with van der Waals surface area (Å²) in [6, 6.07) is 12.1. The van der Waals surface area contributed by atoms with Crippen LogP contribution in [0.25, 0.3) is 0 Å². The van der Waals surface area contributed by atoms with E-state index in [4.69, 9.17) is 0 Å². The first-order valence-corrected chi connectivity index (χ1v) is 10.2. The second-order valence-electron chi connectivity index (χ2n) is 6.63. The summed E-state index contributed by atoms with van der Waals surface area (Å²) in [5, 5.41) is 11.9. The van der Waals surface area contributed by atoms with Gasteiger partial charge in [0.05, 0.1) is 12.2 Å². The maximum Gasteiger partial charge on any atom is 0.274 e. The molecule has 31 heavy (non-hydrogen) atoms. The van der Waals surface area contributed by atoms with Crippen molar-refractivity contribution in [1.82, 2.24) is 15.3 Å². The molecule has 158 valence electrons. The predicted molar refractivity (Wildman–Crippen MR) is 116 cm³/mol. The molecule has 1 atom stereocenters. The molecule has 1 N–H and O–H groups in total. The Kier molecular flexibility index (Phi) is 6.92. The Bertz CT molecular complexity index is 1150. The van der Waals surface area contributed by atoms with Crippen molar-refractivity contribution in [2.24, 2.45) is 0 Å². The summed E-state index contributed by atoms with van der Waals surface area (Å²) in [7, 11) is 0. The first-order chi connectivity index (χ1) is 14.8. The zero-order valence-electron chi connectivity index (χ0n) is 16.7. The molecule has 3 rings (SSSR count). The topological polar surface area (TPSA) is 81.9 Å². The molecule has 1 amide bonds. The van der Waals surface area contributed by atoms with Gasteiger partial charge in [0.1, 0.15) is 6.07 Å². The highest BCUT2D eigenvalue weighted by Crippen LogP contribution is 2.28. The second-order valence-corrected chi connectivity index (χ2v) is 7.54. The zero-order chi connectivity index (χ0) is 22.5. The van der Waals surface area contributed by atoms with Crippen LogP contribution in [0, 0.1) is 23.0 Å². The fourth-order valence-corrected chi connectivity index (χ4v) is 3.26. The largest absolute Gasteiger partial charge is 0.344 e. The average molecular weight is 486 g/mol. The highest BCUT2D eigenvalue weighted by molar-refractivity contribution is 9.10. The van der Waals surface area contributed by atoms with Gasteiger partial charge in [0, 0.05) is 16.7 Å². The first kappa shape index (κ1) is 22.3. The van der Waals surface area contributed by atoms with Crippen molar-refractivity contribution in [2.45, 2.75) is 19.9 Å². The average Bonchev–Trinajstić information content (AvgIpc) is 2.77. The fourth-order valence-electron chi connectivity index (χ4n) is 2.99. The highest BCUT2D eigenvalue weighted by Gasteiger charge is 2.23. The number of rotatable bonds is 6. The summed E-state index contributed by atoms with van der Waals surface area (Å²) < 4.78 is 27.7. The van der Waals surface area contributed by atoms with Crippen molar-refractivity contribution in [2.75, 3.05) is 11.4 Å². The lowest BCUT2D eigenvalue weighted by molar-refractivity contribution is 0.0935. The lowest BCUT2D eigenvalue weighted by atomic mass is 10.1. The maximum absolute atomic E-state index is 13.6. The normalized spacial score (nSPS) is 11.5. The monoisotopic (exact) mass is 485 g/mol. The Labute approximate surface area is 186 Å². The van der Waals surface area contributed by atoms with E-state index in [1.54, 1.807) is 11.8 Å². The molecule has 0 saturated heterocycles. The number of carbonyl (C=O) groups excluding carboxylic acids is 1. The number of halogens is 3. The van der Waals surface area contributed by atoms with Crippen LogP contribution in [0.4, 0.5) is 20.3 Å². The highest BCUT2D eigenvalue weighted by atomic mass is 79.9. The van der Waals surface area contributed by atoms with Crippen molar-refractivity contribution in [3.8, 4) is 6.07 Å². The molecule has 1 aromatic heterocycles. The smallest absolute Gasteiger partial charge is 0.274 e. The van der Waals surface area contributed by atoms with Gasteiger partial charge in [0.25, 0.3) is 5.91 Å². The van der Waals surface area contributed by atoms with Gasteiger partial charge in [-0.2, -0.15) is 5.26 Å². The lowest BCUT2D eigenvalue weighted by Crippen LogP contribution is -2.31. The van der Waals surface area contributed by atoms with E-state index in [1.807, 2.05) is 37.3 Å². The van der Waals surface area contributed by atoms with Gasteiger partial charge in [0.15, 0.2) is 28.8 Å². The Hall–Kier alpha value is -3.38. The van der Waals surface area contributed by atoms with E-state index in [0.29, 0.717) is 12.1 Å². The minimum absolute atomic E-state index is 0.0127. The number of carbonyl (C=O) groups is 1. The third-order valence-corrected chi connectivity index (χ3v) is 5.11. The molecule has 0 fully saturated rings. The summed E-state index contributed by atoms with van der Waals surface area (Å²) in [6.45, 7) is 4.02. The summed E-state index contributed by atoms with van der Waals surface area (Å²) >= 11 is 3.39. The maximum atomic E-state index is 13.6. The third kappa shape index (κ3) is 5.03. The van der Waals surface area contributed by atoms with Crippen molar-refractivity contribution < 1.29 is 13.6 Å². The molecule has 6 nitrogen and oxygen atoms in total. The van der Waals surface area contributed by atoms with Gasteiger partial charge in [-0.25, -0.2) is 18.7 Å². The van der Waals surface area contributed by atoms with Crippen molar-refractivity contribution in [1.29, 1.82) is 5.26 Å². The Morgan fingerprint density at radius 2 is 1.94 bits per heavy atom. The van der Waals surface area contributed by atoms with Crippen molar-refractivity contribution in [3.63, 3.8) is 0 Å². The lowest BCUT2D eigenvalue weighted by Gasteiger charge is -2.24. The van der Waals surface area contributed by atoms with Gasteiger partial charge in [-0.1, -0.05) is 22.0 Å². The standard InChI is InChI=1S/C22H18BrF2N5O/c1-3-30(17-7-5-15(23)6-8-17)21-20(29-16(11-26)12-27-21)22(31)28-13(2)14-4-9-18(24)19(25)10-14/h4-10,12-13H,3H2,1-2H3,(H,28,31)/t13-/m0/s1. The van der Waals surface area contributed by atoms with Crippen LogP contribution < -0.4 is 10.2 Å². The Morgan fingerprint density at radius 1 is 1.23 bits per heavy atom. The molecule has 0 saturated carbocycles. The molecule has 0 unspecified atom stereocenters. The summed E-state index contributed by atoms with van der Waals surface area (Å²) in [6.07, 6.45) is 1.30. The first-order valence-electron chi connectivity index (χ1n) is 9.40.